The number of halogens is 2. The van der Waals surface area contributed by atoms with E-state index in [1.807, 2.05) is 33.3 Å². The third kappa shape index (κ3) is 18.7. The van der Waals surface area contributed by atoms with E-state index in [0.717, 1.165) is 36.0 Å². The van der Waals surface area contributed by atoms with Crippen molar-refractivity contribution in [1.82, 2.24) is 34.4 Å². The second kappa shape index (κ2) is 28.8. The molecule has 0 aliphatic rings. The molecule has 2 heterocycles. The van der Waals surface area contributed by atoms with Crippen molar-refractivity contribution in [1.29, 1.82) is 0 Å². The molecule has 39 heteroatoms. The number of nitrogens with two attached hydrogens (primary N) is 2. The van der Waals surface area contributed by atoms with E-state index >= 15 is 0 Å². The Kier molecular flexibility index (Phi) is 25.3. The Morgan fingerprint density at radius 2 is 1.06 bits per heavy atom. The number of quaternary nitrogens is 1. The number of hydrogen-bond acceptors (Lipinski definition) is 29. The van der Waals surface area contributed by atoms with Gasteiger partial charge in [0.1, 0.15) is 58.8 Å². The molecule has 0 radical (unpaired) electrons. The van der Waals surface area contributed by atoms with Crippen molar-refractivity contribution in [3.05, 3.63) is 102 Å². The number of rotatable bonds is 19. The maximum atomic E-state index is 14.7. The quantitative estimate of drug-likeness (QED) is 0.00641. The molecular formula is C39H32ClFN17Na4O12S4+. The van der Waals surface area contributed by atoms with E-state index in [1.54, 1.807) is 12.1 Å². The van der Waals surface area contributed by atoms with Crippen molar-refractivity contribution >= 4 is 140 Å². The van der Waals surface area contributed by atoms with Crippen molar-refractivity contribution < 1.29 is 176 Å². The molecule has 5 aromatic carbocycles. The minimum atomic E-state index is -5.47. The zero-order chi connectivity index (χ0) is 53.8. The predicted octanol–water partition coefficient (Wildman–Crippen LogP) is -6.03. The third-order valence-corrected chi connectivity index (χ3v) is 12.9. The van der Waals surface area contributed by atoms with Gasteiger partial charge in [0, 0.05) is 34.9 Å². The average Bonchev–Trinajstić information content (AvgIpc) is 3.29. The molecule has 0 spiro atoms. The van der Waals surface area contributed by atoms with E-state index in [9.17, 15) is 48.6 Å². The van der Waals surface area contributed by atoms with Gasteiger partial charge in [0.2, 0.25) is 29.1 Å². The Bertz CT molecular complexity index is 3740. The van der Waals surface area contributed by atoms with Gasteiger partial charge in [0.05, 0.1) is 64.1 Å². The second-order valence-electron chi connectivity index (χ2n) is 15.5. The van der Waals surface area contributed by atoms with E-state index < -0.39 is 84.8 Å². The third-order valence-electron chi connectivity index (χ3n) is 9.46. The summed E-state index contributed by atoms with van der Waals surface area (Å²) in [6.45, 7) is 0. The summed E-state index contributed by atoms with van der Waals surface area (Å²) in [7, 11) is -9.68. The standard InChI is InChI=1S/C39H35ClFN17O12S4.4Na/c1-58(2,3)23-11-7-19(8-12-23)44-38-50-35(41)51-39(53-38)47-21-9-13-28(71-70-69-59)25(16-21)54-57-33-31(42)27(18-30(32(33)43)74(66,67)68)56-55-26-17-22(10-14-29(26)73(63,64)65)46-37-49-34(40)48-36(52-37)45-20-5-4-6-24(15-20)72(60,61)62;;;;/h4-18H,42-43H2,1-3H3,(H7-,44,45,46,47,48,49,50,51,52,53,59,60,61,62,63,64,65,66,67,68);;;;/q;4*+1/p-3. The van der Waals surface area contributed by atoms with E-state index in [1.165, 1.54) is 30.3 Å². The number of nitrogen functional groups attached to an aromatic ring is 2. The first-order chi connectivity index (χ1) is 34.7. The van der Waals surface area contributed by atoms with Crippen LogP contribution in [0.15, 0.2) is 131 Å². The molecule has 0 fully saturated rings. The Hall–Kier alpha value is -3.74. The van der Waals surface area contributed by atoms with Crippen molar-refractivity contribution in [3.8, 4) is 0 Å². The normalized spacial score (nSPS) is 11.7. The van der Waals surface area contributed by atoms with E-state index in [0.29, 0.717) is 28.3 Å². The van der Waals surface area contributed by atoms with Crippen LogP contribution in [-0.4, -0.2) is 90.0 Å². The molecule has 29 nitrogen and oxygen atoms in total. The van der Waals surface area contributed by atoms with E-state index in [2.05, 4.69) is 81.0 Å². The van der Waals surface area contributed by atoms with Gasteiger partial charge < -0.3 is 51.6 Å². The molecular weight excluding hydrogens is 1170 g/mol. The molecule has 0 aliphatic heterocycles. The van der Waals surface area contributed by atoms with Crippen LogP contribution in [0.3, 0.4) is 0 Å². The van der Waals surface area contributed by atoms with Crippen molar-refractivity contribution in [2.45, 2.75) is 19.6 Å². The van der Waals surface area contributed by atoms with Gasteiger partial charge in [-0.1, -0.05) is 6.07 Å². The number of anilines is 10. The second-order valence-corrected chi connectivity index (χ2v) is 20.7. The molecule has 7 aromatic rings. The van der Waals surface area contributed by atoms with Crippen molar-refractivity contribution in [2.75, 3.05) is 53.9 Å². The maximum absolute atomic E-state index is 14.7. The molecule has 7 rings (SSSR count). The Balaban J connectivity index is 0.00000400. The van der Waals surface area contributed by atoms with Crippen molar-refractivity contribution in [2.24, 2.45) is 20.5 Å². The number of benzene rings is 5. The first-order valence-electron chi connectivity index (χ1n) is 20.0. The van der Waals surface area contributed by atoms with Crippen LogP contribution in [0, 0.1) is 6.08 Å². The zero-order valence-corrected chi connectivity index (χ0v) is 53.5. The molecule has 0 saturated carbocycles. The fourth-order valence-corrected chi connectivity index (χ4v) is 8.41. The summed E-state index contributed by atoms with van der Waals surface area (Å²) in [5.41, 5.74) is 10.3. The monoisotopic (exact) mass is 1200 g/mol. The van der Waals surface area contributed by atoms with Crippen LogP contribution in [-0.2, 0) is 39.7 Å². The summed E-state index contributed by atoms with van der Waals surface area (Å²) in [4.78, 5) is 20.8. The van der Waals surface area contributed by atoms with Crippen LogP contribution < -0.4 is 161 Å². The number of nitrogens with one attached hydrogen (secondary N) is 4. The van der Waals surface area contributed by atoms with Crippen LogP contribution in [0.25, 0.3) is 0 Å². The fourth-order valence-electron chi connectivity index (χ4n) is 6.11. The van der Waals surface area contributed by atoms with Gasteiger partial charge in [-0.15, -0.1) is 20.5 Å². The molecule has 0 bridgehead atoms. The van der Waals surface area contributed by atoms with Crippen LogP contribution >= 0.6 is 23.6 Å². The van der Waals surface area contributed by atoms with Gasteiger partial charge in [0.15, 0.2) is 0 Å². The molecule has 78 heavy (non-hydrogen) atoms. The van der Waals surface area contributed by atoms with E-state index in [4.69, 9.17) is 23.1 Å². The average molecular weight is 1210 g/mol. The van der Waals surface area contributed by atoms with Crippen LogP contribution in [0.1, 0.15) is 0 Å². The molecule has 0 unspecified atom stereocenters. The van der Waals surface area contributed by atoms with Gasteiger partial charge in [-0.3, -0.25) is 9.52 Å². The first-order valence-corrected chi connectivity index (χ1v) is 25.4. The zero-order valence-electron chi connectivity index (χ0n) is 41.5. The predicted molar refractivity (Wildman–Crippen MR) is 259 cm³/mol. The number of hydrogen-bond donors (Lipinski definition) is 6. The van der Waals surface area contributed by atoms with E-state index in [-0.39, 0.29) is 170 Å². The largest absolute Gasteiger partial charge is 1.00 e. The Morgan fingerprint density at radius 3 is 1.60 bits per heavy atom. The van der Waals surface area contributed by atoms with Crippen molar-refractivity contribution in [3.63, 3.8) is 0 Å². The van der Waals surface area contributed by atoms with Gasteiger partial charge in [0.25, 0.3) is 0 Å². The SMILES string of the molecule is C[N+](C)(C)c1ccc(Nc2nc(F)nc(Nc3ccc(SOO[O-])c(N=Nc4c(N)c(N=Nc5cc(Nc6nc(Cl)nc(Nc7cccc(S(=O)(=O)[O-])c7)n6)ccc5S(=O)(=O)[O-])cc(S(=O)(=O)[O-])c4N)c3)n2)cc1.[Na+].[Na+].[Na+].[Na+]. The number of nitrogens with zero attached hydrogens (tertiary/aromatic N) is 11. The van der Waals surface area contributed by atoms with Crippen LogP contribution in [0.2, 0.25) is 5.28 Å². The number of aromatic nitrogens is 6. The molecule has 0 saturated heterocycles. The molecule has 0 amide bonds. The summed E-state index contributed by atoms with van der Waals surface area (Å²) in [6, 6.07) is 19.3. The summed E-state index contributed by atoms with van der Waals surface area (Å²) < 4.78 is 129. The topological polar surface area (TPSA) is 440 Å². The Labute approximate surface area is 540 Å². The van der Waals surface area contributed by atoms with Crippen LogP contribution in [0.4, 0.5) is 90.7 Å². The first kappa shape index (κ1) is 68.5. The van der Waals surface area contributed by atoms with Crippen LogP contribution in [0.5, 0.6) is 0 Å². The van der Waals surface area contributed by atoms with Gasteiger partial charge >= 0.3 is 124 Å². The maximum Gasteiger partial charge on any atom is 1.00 e. The summed E-state index contributed by atoms with van der Waals surface area (Å²) in [5, 5.41) is 40.5. The summed E-state index contributed by atoms with van der Waals surface area (Å²) in [5.74, 6) is -1.04. The minimum Gasteiger partial charge on any atom is -0.744 e. The smallest absolute Gasteiger partial charge is 0.744 e. The fraction of sp³-hybridized carbons (Fsp3) is 0.0769. The molecule has 386 valence electrons. The Morgan fingerprint density at radius 1 is 0.577 bits per heavy atom. The summed E-state index contributed by atoms with van der Waals surface area (Å²) >= 11 is 6.42. The molecule has 2 aromatic heterocycles. The minimum absolute atomic E-state index is 0. The molecule has 0 aliphatic carbocycles. The molecule has 0 atom stereocenters. The molecule has 8 N–H and O–H groups in total. The van der Waals surface area contributed by atoms with Gasteiger partial charge in [-0.05, 0) is 84.4 Å². The summed E-state index contributed by atoms with van der Waals surface area (Å²) in [6.07, 6.45) is -1.16. The van der Waals surface area contributed by atoms with Gasteiger partial charge in [-0.25, -0.2) is 25.3 Å². The van der Waals surface area contributed by atoms with Gasteiger partial charge in [-0.2, -0.15) is 38.6 Å². The number of azo groups is 2.